The van der Waals surface area contributed by atoms with Crippen molar-refractivity contribution in [3.8, 4) is 11.5 Å². The van der Waals surface area contributed by atoms with Crippen LogP contribution >= 0.6 is 22.9 Å². The molecule has 0 aliphatic carbocycles. The number of rotatable bonds is 3. The van der Waals surface area contributed by atoms with Crippen molar-refractivity contribution < 1.29 is 17.9 Å². The number of anilines is 1. The Morgan fingerprint density at radius 2 is 2.00 bits per heavy atom. The molecule has 3 heterocycles. The predicted molar refractivity (Wildman–Crippen MR) is 85.0 cm³/mol. The Kier molecular flexibility index (Phi) is 3.25. The zero-order valence-corrected chi connectivity index (χ0v) is 13.8. The number of halogens is 1. The molecule has 1 aromatic carbocycles. The molecule has 1 N–H and O–H groups in total. The first-order valence-electron chi connectivity index (χ1n) is 6.77. The topological polar surface area (TPSA) is 64.6 Å². The van der Waals surface area contributed by atoms with Gasteiger partial charge in [-0.1, -0.05) is 11.6 Å². The molecule has 5 nitrogen and oxygen atoms in total. The molecule has 116 valence electrons. The third kappa shape index (κ3) is 2.24. The van der Waals surface area contributed by atoms with Crippen molar-refractivity contribution in [2.45, 2.75) is 17.1 Å². The van der Waals surface area contributed by atoms with Gasteiger partial charge in [0.05, 0.1) is 23.2 Å². The summed E-state index contributed by atoms with van der Waals surface area (Å²) in [4.78, 5) is 0. The maximum Gasteiger partial charge on any atom is 0.271 e. The van der Waals surface area contributed by atoms with Crippen LogP contribution in [0.4, 0.5) is 5.69 Å². The fourth-order valence-electron chi connectivity index (χ4n) is 2.72. The van der Waals surface area contributed by atoms with Crippen molar-refractivity contribution in [3.05, 3.63) is 33.7 Å². The van der Waals surface area contributed by atoms with Gasteiger partial charge in [0.1, 0.15) is 15.7 Å². The van der Waals surface area contributed by atoms with Gasteiger partial charge in [0.15, 0.2) is 0 Å². The Morgan fingerprint density at radius 3 is 2.77 bits per heavy atom. The fraction of sp³-hybridized carbons (Fsp3) is 0.286. The van der Waals surface area contributed by atoms with Crippen molar-refractivity contribution in [1.82, 2.24) is 0 Å². The maximum atomic E-state index is 12.6. The Morgan fingerprint density at radius 1 is 1.18 bits per heavy atom. The molecule has 0 atom stereocenters. The van der Waals surface area contributed by atoms with Crippen LogP contribution in [-0.4, -0.2) is 21.6 Å². The second-order valence-corrected chi connectivity index (χ2v) is 8.70. The summed E-state index contributed by atoms with van der Waals surface area (Å²) in [7, 11) is -3.69. The average molecular weight is 358 g/mol. The van der Waals surface area contributed by atoms with E-state index in [-0.39, 0.29) is 4.21 Å². The zero-order chi connectivity index (χ0) is 15.3. The van der Waals surface area contributed by atoms with Gasteiger partial charge < -0.3 is 9.47 Å². The van der Waals surface area contributed by atoms with Crippen LogP contribution in [0.25, 0.3) is 0 Å². The van der Waals surface area contributed by atoms with Crippen LogP contribution in [-0.2, 0) is 22.9 Å². The molecule has 2 aromatic rings. The Bertz CT molecular complexity index is 828. The Labute approximate surface area is 136 Å². The lowest BCUT2D eigenvalue weighted by Gasteiger charge is -2.14. The minimum atomic E-state index is -3.69. The van der Waals surface area contributed by atoms with E-state index >= 15 is 0 Å². The highest BCUT2D eigenvalue weighted by Gasteiger charge is 2.29. The summed E-state index contributed by atoms with van der Waals surface area (Å²) in [6.45, 7) is 1.11. The number of sulfonamides is 1. The van der Waals surface area contributed by atoms with Crippen LogP contribution < -0.4 is 14.2 Å². The third-order valence-corrected chi connectivity index (χ3v) is 6.77. The summed E-state index contributed by atoms with van der Waals surface area (Å²) in [6, 6.07) is 5.01. The first-order chi connectivity index (χ1) is 10.5. The van der Waals surface area contributed by atoms with Crippen molar-refractivity contribution in [2.75, 3.05) is 17.9 Å². The van der Waals surface area contributed by atoms with Crippen molar-refractivity contribution in [2.24, 2.45) is 0 Å². The first-order valence-corrected chi connectivity index (χ1v) is 9.45. The number of nitrogens with one attached hydrogen (secondary N) is 1. The van der Waals surface area contributed by atoms with E-state index in [1.165, 1.54) is 6.07 Å². The van der Waals surface area contributed by atoms with Crippen LogP contribution in [0.3, 0.4) is 0 Å². The monoisotopic (exact) mass is 357 g/mol. The number of benzene rings is 1. The average Bonchev–Trinajstić information content (AvgIpc) is 3.17. The van der Waals surface area contributed by atoms with E-state index in [1.807, 2.05) is 6.07 Å². The van der Waals surface area contributed by atoms with Gasteiger partial charge in [0, 0.05) is 24.0 Å². The van der Waals surface area contributed by atoms with Gasteiger partial charge in [-0.15, -0.1) is 11.3 Å². The SMILES string of the molecule is O=S(=O)(Nc1c2c(cc3c1OCC3)OCC2)c1ccc(Cl)s1. The van der Waals surface area contributed by atoms with Crippen molar-refractivity contribution in [1.29, 1.82) is 0 Å². The summed E-state index contributed by atoms with van der Waals surface area (Å²) >= 11 is 6.86. The van der Waals surface area contributed by atoms with E-state index in [1.54, 1.807) is 6.07 Å². The molecule has 22 heavy (non-hydrogen) atoms. The predicted octanol–water partition coefficient (Wildman–Crippen LogP) is 3.07. The van der Waals surface area contributed by atoms with Gasteiger partial charge in [-0.2, -0.15) is 0 Å². The van der Waals surface area contributed by atoms with Gasteiger partial charge >= 0.3 is 0 Å². The first kappa shape index (κ1) is 14.2. The van der Waals surface area contributed by atoms with Gasteiger partial charge in [-0.25, -0.2) is 8.42 Å². The molecule has 0 spiro atoms. The quantitative estimate of drug-likeness (QED) is 0.916. The molecule has 0 saturated heterocycles. The van der Waals surface area contributed by atoms with Crippen molar-refractivity contribution >= 4 is 38.6 Å². The highest BCUT2D eigenvalue weighted by molar-refractivity contribution is 7.94. The van der Waals surface area contributed by atoms with Crippen LogP contribution in [0, 0.1) is 0 Å². The molecule has 2 aliphatic heterocycles. The Hall–Kier alpha value is -1.44. The maximum absolute atomic E-state index is 12.6. The van der Waals surface area contributed by atoms with Gasteiger partial charge in [-0.05, 0) is 18.2 Å². The van der Waals surface area contributed by atoms with Crippen LogP contribution in [0.2, 0.25) is 4.34 Å². The number of fused-ring (bicyclic) bond motifs is 2. The largest absolute Gasteiger partial charge is 0.493 e. The van der Waals surface area contributed by atoms with E-state index in [0.717, 1.165) is 34.6 Å². The van der Waals surface area contributed by atoms with Crippen LogP contribution in [0.15, 0.2) is 22.4 Å². The Balaban J connectivity index is 1.81. The van der Waals surface area contributed by atoms with Gasteiger partial charge in [-0.3, -0.25) is 4.72 Å². The zero-order valence-electron chi connectivity index (χ0n) is 11.4. The van der Waals surface area contributed by atoms with Crippen LogP contribution in [0.5, 0.6) is 11.5 Å². The lowest BCUT2D eigenvalue weighted by molar-refractivity contribution is 0.356. The molecule has 0 amide bonds. The molecule has 2 aliphatic rings. The van der Waals surface area contributed by atoms with E-state index in [0.29, 0.717) is 35.4 Å². The second-order valence-electron chi connectivity index (χ2n) is 5.08. The molecule has 0 saturated carbocycles. The highest BCUT2D eigenvalue weighted by atomic mass is 35.5. The second kappa shape index (κ2) is 5.04. The number of thiophene rings is 1. The summed E-state index contributed by atoms with van der Waals surface area (Å²) in [5, 5.41) is 0. The van der Waals surface area contributed by atoms with E-state index in [9.17, 15) is 8.42 Å². The molecule has 0 unspecified atom stereocenters. The summed E-state index contributed by atoms with van der Waals surface area (Å²) < 4.78 is 39.6. The fourth-order valence-corrected chi connectivity index (χ4v) is 5.30. The highest BCUT2D eigenvalue weighted by Crippen LogP contribution is 2.45. The molecule has 4 rings (SSSR count). The summed E-state index contributed by atoms with van der Waals surface area (Å²) in [6.07, 6.45) is 1.42. The standard InChI is InChI=1S/C14H12ClNO4S2/c15-11-1-2-12(21-11)22(17,18)16-13-9-4-6-19-10(9)7-8-3-5-20-14(8)13/h1-2,7,16H,3-6H2. The van der Waals surface area contributed by atoms with E-state index in [4.69, 9.17) is 21.1 Å². The number of hydrogen-bond acceptors (Lipinski definition) is 5. The molecule has 8 heteroatoms. The lowest BCUT2D eigenvalue weighted by atomic mass is 10.0. The smallest absolute Gasteiger partial charge is 0.271 e. The van der Waals surface area contributed by atoms with E-state index in [2.05, 4.69) is 4.72 Å². The molecular formula is C14H12ClNO4S2. The lowest BCUT2D eigenvalue weighted by Crippen LogP contribution is -2.13. The van der Waals surface area contributed by atoms with Crippen LogP contribution in [0.1, 0.15) is 11.1 Å². The summed E-state index contributed by atoms with van der Waals surface area (Å²) in [5.74, 6) is 1.36. The van der Waals surface area contributed by atoms with Gasteiger partial charge in [0.25, 0.3) is 10.0 Å². The molecule has 0 radical (unpaired) electrons. The van der Waals surface area contributed by atoms with Crippen molar-refractivity contribution in [3.63, 3.8) is 0 Å². The molecule has 0 fully saturated rings. The number of hydrogen-bond donors (Lipinski definition) is 1. The molecule has 1 aromatic heterocycles. The third-order valence-electron chi connectivity index (χ3n) is 3.70. The number of ether oxygens (including phenoxy) is 2. The minimum Gasteiger partial charge on any atom is -0.493 e. The molecular weight excluding hydrogens is 346 g/mol. The minimum absolute atomic E-state index is 0.181. The van der Waals surface area contributed by atoms with Gasteiger partial charge in [0.2, 0.25) is 0 Å². The molecule has 0 bridgehead atoms. The normalized spacial score (nSPS) is 15.9. The van der Waals surface area contributed by atoms with E-state index < -0.39 is 10.0 Å². The summed E-state index contributed by atoms with van der Waals surface area (Å²) in [5.41, 5.74) is 2.33.